The lowest BCUT2D eigenvalue weighted by Crippen LogP contribution is -2.16. The summed E-state index contributed by atoms with van der Waals surface area (Å²) in [5.74, 6) is 0.522. The molecule has 0 atom stereocenters. The third-order valence-corrected chi connectivity index (χ3v) is 8.18. The fraction of sp³-hybridized carbons (Fsp3) is 0.0400. The Morgan fingerprint density at radius 2 is 0.862 bits per heavy atom. The predicted octanol–water partition coefficient (Wildman–Crippen LogP) is 6.86. The first-order valence-electron chi connectivity index (χ1n) is 9.32. The van der Waals surface area contributed by atoms with E-state index in [2.05, 4.69) is 48.5 Å². The van der Waals surface area contributed by atoms with Gasteiger partial charge in [-0.25, -0.2) is 0 Å². The molecule has 0 aromatic heterocycles. The van der Waals surface area contributed by atoms with Crippen LogP contribution in [0.4, 0.5) is 0 Å². The average Bonchev–Trinajstić information content (AvgIpc) is 3.02. The molecule has 2 N–H and O–H groups in total. The molecule has 4 aromatic carbocycles. The van der Waals surface area contributed by atoms with Crippen molar-refractivity contribution in [2.24, 2.45) is 0 Å². The van der Waals surface area contributed by atoms with Gasteiger partial charge in [0.15, 0.2) is 0 Å². The van der Waals surface area contributed by atoms with Crippen LogP contribution >= 0.6 is 23.5 Å². The summed E-state index contributed by atoms with van der Waals surface area (Å²) in [4.78, 5) is 1.61. The molecule has 1 aliphatic carbocycles. The summed E-state index contributed by atoms with van der Waals surface area (Å²) in [6, 6.07) is 31.7. The Kier molecular flexibility index (Phi) is 4.53. The topological polar surface area (TPSA) is 40.5 Å². The SMILES string of the molecule is Oc1ccccc1SC1(Sc2ccccc2O)c2ccccc2-c2ccccc21. The lowest BCUT2D eigenvalue weighted by molar-refractivity contribution is 0.462. The van der Waals surface area contributed by atoms with Gasteiger partial charge in [0.05, 0.1) is 9.79 Å². The summed E-state index contributed by atoms with van der Waals surface area (Å²) in [5, 5.41) is 21.0. The molecule has 0 fully saturated rings. The van der Waals surface area contributed by atoms with Gasteiger partial charge in [-0.1, -0.05) is 96.3 Å². The van der Waals surface area contributed by atoms with E-state index in [4.69, 9.17) is 0 Å². The molecule has 0 heterocycles. The van der Waals surface area contributed by atoms with E-state index < -0.39 is 4.08 Å². The number of benzene rings is 4. The minimum absolute atomic E-state index is 0.261. The summed E-state index contributed by atoms with van der Waals surface area (Å²) in [5.41, 5.74) is 4.72. The van der Waals surface area contributed by atoms with E-state index in [9.17, 15) is 10.2 Å². The molecule has 0 saturated heterocycles. The van der Waals surface area contributed by atoms with Gasteiger partial charge in [0.25, 0.3) is 0 Å². The molecular weight excluding hydrogens is 396 g/mol. The van der Waals surface area contributed by atoms with Crippen molar-refractivity contribution in [3.8, 4) is 22.6 Å². The van der Waals surface area contributed by atoms with Crippen molar-refractivity contribution in [2.75, 3.05) is 0 Å². The zero-order valence-electron chi connectivity index (χ0n) is 15.4. The summed E-state index contributed by atoms with van der Waals surface area (Å²) in [7, 11) is 0. The number of phenolic OH excluding ortho intramolecular Hbond substituents is 2. The van der Waals surface area contributed by atoms with Crippen molar-refractivity contribution in [1.82, 2.24) is 0 Å². The molecule has 0 amide bonds. The molecule has 0 radical (unpaired) electrons. The van der Waals surface area contributed by atoms with Crippen molar-refractivity contribution in [3.05, 3.63) is 108 Å². The van der Waals surface area contributed by atoms with Gasteiger partial charge in [0, 0.05) is 0 Å². The van der Waals surface area contributed by atoms with E-state index in [0.29, 0.717) is 0 Å². The van der Waals surface area contributed by atoms with E-state index in [1.54, 1.807) is 35.7 Å². The molecule has 0 aliphatic heterocycles. The van der Waals surface area contributed by atoms with Crippen LogP contribution in [0.15, 0.2) is 107 Å². The number of rotatable bonds is 4. The number of hydrogen-bond acceptors (Lipinski definition) is 4. The first kappa shape index (κ1) is 18.2. The van der Waals surface area contributed by atoms with Crippen molar-refractivity contribution < 1.29 is 10.2 Å². The maximum atomic E-state index is 10.5. The number of hydrogen-bond donors (Lipinski definition) is 2. The van der Waals surface area contributed by atoms with Crippen LogP contribution in [0.1, 0.15) is 11.1 Å². The molecule has 4 heteroatoms. The quantitative estimate of drug-likeness (QED) is 0.358. The first-order valence-corrected chi connectivity index (χ1v) is 11.0. The smallest absolute Gasteiger partial charge is 0.129 e. The van der Waals surface area contributed by atoms with E-state index in [1.807, 2.05) is 36.4 Å². The maximum absolute atomic E-state index is 10.5. The Hall–Kier alpha value is -2.82. The Morgan fingerprint density at radius 3 is 1.31 bits per heavy atom. The van der Waals surface area contributed by atoms with Crippen LogP contribution < -0.4 is 0 Å². The van der Waals surface area contributed by atoms with Crippen molar-refractivity contribution in [2.45, 2.75) is 13.9 Å². The second-order valence-corrected chi connectivity index (χ2v) is 9.62. The number of fused-ring (bicyclic) bond motifs is 3. The highest BCUT2D eigenvalue weighted by molar-refractivity contribution is 8.18. The average molecular weight is 415 g/mol. The molecular formula is C25H18O2S2. The minimum atomic E-state index is -0.537. The fourth-order valence-corrected chi connectivity index (χ4v) is 6.91. The summed E-state index contributed by atoms with van der Waals surface area (Å²) >= 11 is 3.23. The number of para-hydroxylation sites is 2. The third-order valence-electron chi connectivity index (χ3n) is 5.09. The van der Waals surface area contributed by atoms with Gasteiger partial charge in [-0.05, 0) is 46.5 Å². The summed E-state index contributed by atoms with van der Waals surface area (Å²) in [6.45, 7) is 0. The van der Waals surface area contributed by atoms with E-state index in [1.165, 1.54) is 22.3 Å². The molecule has 0 bridgehead atoms. The molecule has 0 spiro atoms. The molecule has 0 unspecified atom stereocenters. The second kappa shape index (κ2) is 7.21. The Labute approximate surface area is 178 Å². The largest absolute Gasteiger partial charge is 0.507 e. The van der Waals surface area contributed by atoms with Crippen LogP contribution in [0.3, 0.4) is 0 Å². The van der Waals surface area contributed by atoms with Crippen LogP contribution in [0.25, 0.3) is 11.1 Å². The van der Waals surface area contributed by atoms with Crippen LogP contribution in [0.5, 0.6) is 11.5 Å². The fourth-order valence-electron chi connectivity index (χ4n) is 3.79. The normalized spacial score (nSPS) is 13.7. The van der Waals surface area contributed by atoms with Gasteiger partial charge < -0.3 is 10.2 Å². The van der Waals surface area contributed by atoms with E-state index in [-0.39, 0.29) is 11.5 Å². The number of aromatic hydroxyl groups is 2. The van der Waals surface area contributed by atoms with Crippen LogP contribution in [0, 0.1) is 0 Å². The van der Waals surface area contributed by atoms with Gasteiger partial charge in [0.2, 0.25) is 0 Å². The van der Waals surface area contributed by atoms with Gasteiger partial charge in [0.1, 0.15) is 15.6 Å². The number of phenols is 2. The van der Waals surface area contributed by atoms with E-state index >= 15 is 0 Å². The molecule has 4 aromatic rings. The van der Waals surface area contributed by atoms with Crippen molar-refractivity contribution in [1.29, 1.82) is 0 Å². The first-order chi connectivity index (χ1) is 14.2. The van der Waals surface area contributed by atoms with E-state index in [0.717, 1.165) is 9.79 Å². The van der Waals surface area contributed by atoms with Gasteiger partial charge in [-0.2, -0.15) is 0 Å². The highest BCUT2D eigenvalue weighted by atomic mass is 32.2. The molecule has 1 aliphatic rings. The van der Waals surface area contributed by atoms with Crippen LogP contribution in [-0.2, 0) is 4.08 Å². The zero-order valence-corrected chi connectivity index (χ0v) is 17.1. The molecule has 29 heavy (non-hydrogen) atoms. The van der Waals surface area contributed by atoms with Crippen molar-refractivity contribution >= 4 is 23.5 Å². The van der Waals surface area contributed by atoms with Crippen LogP contribution in [-0.4, -0.2) is 10.2 Å². The Morgan fingerprint density at radius 1 is 0.483 bits per heavy atom. The Balaban J connectivity index is 1.77. The number of thioether (sulfide) groups is 2. The lowest BCUT2D eigenvalue weighted by atomic mass is 10.1. The maximum Gasteiger partial charge on any atom is 0.129 e. The standard InChI is InChI=1S/C25H18O2S2/c26-21-13-5-7-15-23(21)28-25(29-24-16-8-6-14-22(24)27)19-11-3-1-9-17(19)18-10-2-4-12-20(18)25/h1-16,26-27H. The van der Waals surface area contributed by atoms with Gasteiger partial charge in [-0.3, -0.25) is 0 Å². The molecule has 2 nitrogen and oxygen atoms in total. The zero-order chi connectivity index (χ0) is 19.8. The summed E-state index contributed by atoms with van der Waals surface area (Å²) < 4.78 is -0.537. The minimum Gasteiger partial charge on any atom is -0.507 e. The monoisotopic (exact) mass is 414 g/mol. The molecule has 5 rings (SSSR count). The van der Waals surface area contributed by atoms with Gasteiger partial charge in [-0.15, -0.1) is 0 Å². The second-order valence-electron chi connectivity index (χ2n) is 6.85. The highest BCUT2D eigenvalue weighted by Gasteiger charge is 2.45. The molecule has 142 valence electrons. The lowest BCUT2D eigenvalue weighted by Gasteiger charge is -2.31. The highest BCUT2D eigenvalue weighted by Crippen LogP contribution is 2.65. The van der Waals surface area contributed by atoms with Crippen molar-refractivity contribution in [3.63, 3.8) is 0 Å². The molecule has 0 saturated carbocycles. The Bertz CT molecular complexity index is 1110. The van der Waals surface area contributed by atoms with Crippen LogP contribution in [0.2, 0.25) is 0 Å². The summed E-state index contributed by atoms with van der Waals surface area (Å²) in [6.07, 6.45) is 0. The predicted molar refractivity (Wildman–Crippen MR) is 121 cm³/mol. The van der Waals surface area contributed by atoms with Gasteiger partial charge >= 0.3 is 0 Å². The third kappa shape index (κ3) is 3.00.